The molecule has 0 rings (SSSR count). The number of hydrogen-bond acceptors (Lipinski definition) is 5. The maximum atomic E-state index is 11.0. The molecule has 0 aromatic heterocycles. The molecule has 13 heavy (non-hydrogen) atoms. The van der Waals surface area contributed by atoms with Gasteiger partial charge in [0.1, 0.15) is 0 Å². The second kappa shape index (κ2) is 5.87. The van der Waals surface area contributed by atoms with Gasteiger partial charge in [-0.25, -0.2) is 4.79 Å². The lowest BCUT2D eigenvalue weighted by molar-refractivity contribution is -0.501. The lowest BCUT2D eigenvalue weighted by atomic mass is 10.3. The number of methoxy groups -OCH3 is 1. The smallest absolute Gasteiger partial charge is 0.343 e. The topological polar surface area (TPSA) is 78.7 Å². The van der Waals surface area contributed by atoms with Crippen LogP contribution in [-0.2, 0) is 14.3 Å². The molecule has 2 atom stereocenters. The van der Waals surface area contributed by atoms with Crippen molar-refractivity contribution in [3.63, 3.8) is 0 Å². The van der Waals surface area contributed by atoms with Crippen molar-refractivity contribution in [1.82, 2.24) is 0 Å². The van der Waals surface area contributed by atoms with Gasteiger partial charge in [-0.1, -0.05) is 0 Å². The lowest BCUT2D eigenvalue weighted by Crippen LogP contribution is -2.38. The number of ether oxygens (including phenoxy) is 2. The fourth-order valence-corrected chi connectivity index (χ4v) is 1.09. The molecule has 0 aliphatic rings. The van der Waals surface area contributed by atoms with Crippen molar-refractivity contribution in [3.05, 3.63) is 10.1 Å². The summed E-state index contributed by atoms with van der Waals surface area (Å²) in [6.45, 7) is 1.77. The minimum absolute atomic E-state index is 0.163. The summed E-state index contributed by atoms with van der Waals surface area (Å²) in [6, 6.07) is 0. The van der Waals surface area contributed by atoms with Gasteiger partial charge in [0.25, 0.3) is 0 Å². The largest absolute Gasteiger partial charge is 0.464 e. The van der Waals surface area contributed by atoms with Gasteiger partial charge in [-0.2, -0.15) is 0 Å². The quantitative estimate of drug-likeness (QED) is 0.236. The van der Waals surface area contributed by atoms with Gasteiger partial charge in [0.05, 0.1) is 6.61 Å². The van der Waals surface area contributed by atoms with Crippen molar-refractivity contribution in [2.24, 2.45) is 0 Å². The Morgan fingerprint density at radius 2 is 2.23 bits per heavy atom. The van der Waals surface area contributed by atoms with Gasteiger partial charge in [-0.3, -0.25) is 10.1 Å². The molecule has 0 heterocycles. The van der Waals surface area contributed by atoms with Crippen molar-refractivity contribution < 1.29 is 19.2 Å². The molecule has 0 bridgehead atoms. The molecular formula is C6H10BrNO5. The Morgan fingerprint density at radius 3 is 2.54 bits per heavy atom. The van der Waals surface area contributed by atoms with Gasteiger partial charge in [0, 0.05) is 28.0 Å². The van der Waals surface area contributed by atoms with Crippen LogP contribution in [0.3, 0.4) is 0 Å². The number of rotatable bonds is 5. The first kappa shape index (κ1) is 12.3. The first-order chi connectivity index (χ1) is 6.04. The Kier molecular flexibility index (Phi) is 5.56. The van der Waals surface area contributed by atoms with E-state index in [4.69, 9.17) is 0 Å². The SMILES string of the molecule is CCOC(=O)C(OC)C(Br)[N+](=O)[O-]. The molecule has 0 spiro atoms. The number of carbonyl (C=O) groups excluding carboxylic acids is 1. The molecule has 0 fully saturated rings. The molecule has 0 radical (unpaired) electrons. The molecule has 0 aromatic carbocycles. The number of hydrogen-bond donors (Lipinski definition) is 0. The van der Waals surface area contributed by atoms with Crippen LogP contribution in [-0.4, -0.2) is 35.7 Å². The highest BCUT2D eigenvalue weighted by Gasteiger charge is 2.36. The minimum atomic E-state index is -1.28. The first-order valence-electron chi connectivity index (χ1n) is 3.51. The van der Waals surface area contributed by atoms with Gasteiger partial charge >= 0.3 is 10.9 Å². The molecule has 0 aliphatic heterocycles. The molecule has 0 aromatic rings. The monoisotopic (exact) mass is 255 g/mol. The number of nitro groups is 1. The highest BCUT2D eigenvalue weighted by atomic mass is 79.9. The summed E-state index contributed by atoms with van der Waals surface area (Å²) in [5.74, 6) is -0.747. The van der Waals surface area contributed by atoms with E-state index in [1.807, 2.05) is 0 Å². The molecule has 0 amide bonds. The predicted octanol–water partition coefficient (Wildman–Crippen LogP) is 0.562. The van der Waals surface area contributed by atoms with Gasteiger partial charge < -0.3 is 9.47 Å². The second-order valence-electron chi connectivity index (χ2n) is 2.07. The molecule has 7 heteroatoms. The van der Waals surface area contributed by atoms with Crippen LogP contribution in [0.15, 0.2) is 0 Å². The summed E-state index contributed by atoms with van der Waals surface area (Å²) in [5, 5.41) is 10.3. The number of halogens is 1. The Labute approximate surface area is 83.5 Å². The minimum Gasteiger partial charge on any atom is -0.464 e. The van der Waals surface area contributed by atoms with Crippen LogP contribution in [0.4, 0.5) is 0 Å². The first-order valence-corrected chi connectivity index (χ1v) is 4.43. The molecule has 0 N–H and O–H groups in total. The Balaban J connectivity index is 4.31. The van der Waals surface area contributed by atoms with E-state index in [2.05, 4.69) is 25.4 Å². The van der Waals surface area contributed by atoms with E-state index in [1.165, 1.54) is 7.11 Å². The van der Waals surface area contributed by atoms with Crippen molar-refractivity contribution in [2.45, 2.75) is 18.0 Å². The fourth-order valence-electron chi connectivity index (χ4n) is 0.656. The summed E-state index contributed by atoms with van der Waals surface area (Å²) < 4.78 is 9.19. The maximum Gasteiger partial charge on any atom is 0.343 e. The standard InChI is InChI=1S/C6H10BrNO5/c1-3-13-6(9)4(12-2)5(7)8(10)11/h4-5H,3H2,1-2H3. The van der Waals surface area contributed by atoms with E-state index in [-0.39, 0.29) is 6.61 Å². The van der Waals surface area contributed by atoms with Crippen molar-refractivity contribution in [2.75, 3.05) is 13.7 Å². The lowest BCUT2D eigenvalue weighted by Gasteiger charge is -2.13. The van der Waals surface area contributed by atoms with Crippen molar-refractivity contribution in [1.29, 1.82) is 0 Å². The third-order valence-electron chi connectivity index (χ3n) is 1.22. The van der Waals surface area contributed by atoms with Crippen LogP contribution in [0, 0.1) is 10.1 Å². The molecule has 0 saturated heterocycles. The van der Waals surface area contributed by atoms with E-state index in [1.54, 1.807) is 6.92 Å². The van der Waals surface area contributed by atoms with E-state index < -0.39 is 21.9 Å². The number of alkyl halides is 1. The zero-order valence-corrected chi connectivity index (χ0v) is 8.81. The zero-order chi connectivity index (χ0) is 10.4. The summed E-state index contributed by atoms with van der Waals surface area (Å²) >= 11 is 2.71. The highest BCUT2D eigenvalue weighted by Crippen LogP contribution is 2.11. The van der Waals surface area contributed by atoms with Crippen LogP contribution in [0.2, 0.25) is 0 Å². The zero-order valence-electron chi connectivity index (χ0n) is 7.23. The van der Waals surface area contributed by atoms with Gasteiger partial charge in [-0.05, 0) is 6.92 Å². The molecular weight excluding hydrogens is 246 g/mol. The summed E-state index contributed by atoms with van der Waals surface area (Å²) in [7, 11) is 1.21. The van der Waals surface area contributed by atoms with E-state index in [9.17, 15) is 14.9 Å². The van der Waals surface area contributed by atoms with Crippen LogP contribution in [0.25, 0.3) is 0 Å². The molecule has 2 unspecified atom stereocenters. The predicted molar refractivity (Wildman–Crippen MR) is 47.1 cm³/mol. The van der Waals surface area contributed by atoms with Crippen molar-refractivity contribution in [3.8, 4) is 0 Å². The van der Waals surface area contributed by atoms with Crippen LogP contribution in [0.5, 0.6) is 0 Å². The Bertz CT molecular complexity index is 197. The molecule has 76 valence electrons. The fraction of sp³-hybridized carbons (Fsp3) is 0.833. The molecule has 0 saturated carbocycles. The Hall–Kier alpha value is -0.690. The van der Waals surface area contributed by atoms with Crippen LogP contribution >= 0.6 is 15.9 Å². The van der Waals surface area contributed by atoms with Gasteiger partial charge in [0.2, 0.25) is 6.10 Å². The number of nitrogens with zero attached hydrogens (tertiary/aromatic N) is 1. The van der Waals surface area contributed by atoms with Gasteiger partial charge in [-0.15, -0.1) is 0 Å². The summed E-state index contributed by atoms with van der Waals surface area (Å²) in [5.41, 5.74) is 0. The third-order valence-corrected chi connectivity index (χ3v) is 2.04. The highest BCUT2D eigenvalue weighted by molar-refractivity contribution is 9.09. The molecule has 6 nitrogen and oxygen atoms in total. The maximum absolute atomic E-state index is 11.0. The number of esters is 1. The van der Waals surface area contributed by atoms with E-state index in [0.29, 0.717) is 0 Å². The van der Waals surface area contributed by atoms with Crippen LogP contribution in [0.1, 0.15) is 6.92 Å². The number of carbonyl (C=O) groups is 1. The van der Waals surface area contributed by atoms with Gasteiger partial charge in [0.15, 0.2) is 0 Å². The normalized spacial score (nSPS) is 14.7. The van der Waals surface area contributed by atoms with Crippen molar-refractivity contribution >= 4 is 21.9 Å². The summed E-state index contributed by atoms with van der Waals surface area (Å²) in [4.78, 5) is 19.4. The van der Waals surface area contributed by atoms with E-state index >= 15 is 0 Å². The van der Waals surface area contributed by atoms with E-state index in [0.717, 1.165) is 0 Å². The Morgan fingerprint density at radius 1 is 1.69 bits per heavy atom. The van der Waals surface area contributed by atoms with Crippen LogP contribution < -0.4 is 0 Å². The molecule has 0 aliphatic carbocycles. The third kappa shape index (κ3) is 3.69. The summed E-state index contributed by atoms with van der Waals surface area (Å²) in [6.07, 6.45) is -1.21. The second-order valence-corrected chi connectivity index (χ2v) is 3.00. The average Bonchev–Trinajstić information content (AvgIpc) is 2.05. The average molecular weight is 256 g/mol.